The first-order valence-corrected chi connectivity index (χ1v) is 3.93. The number of rotatable bonds is 4. The van der Waals surface area contributed by atoms with Crippen LogP contribution in [0.4, 0.5) is 8.78 Å². The van der Waals surface area contributed by atoms with Crippen LogP contribution in [0.3, 0.4) is 0 Å². The Morgan fingerprint density at radius 2 is 2.15 bits per heavy atom. The Bertz CT molecular complexity index is 278. The SMILES string of the molecule is NOCCc1cccc(F)c1CF. The van der Waals surface area contributed by atoms with E-state index in [0.29, 0.717) is 12.0 Å². The van der Waals surface area contributed by atoms with Crippen LogP contribution in [-0.4, -0.2) is 6.61 Å². The smallest absolute Gasteiger partial charge is 0.129 e. The molecule has 0 spiro atoms. The summed E-state index contributed by atoms with van der Waals surface area (Å²) in [6.07, 6.45) is 0.424. The number of hydrogen-bond acceptors (Lipinski definition) is 2. The summed E-state index contributed by atoms with van der Waals surface area (Å²) in [6, 6.07) is 4.44. The lowest BCUT2D eigenvalue weighted by Gasteiger charge is -2.06. The summed E-state index contributed by atoms with van der Waals surface area (Å²) in [5.74, 6) is 4.30. The molecule has 0 aliphatic heterocycles. The van der Waals surface area contributed by atoms with Gasteiger partial charge in [0.05, 0.1) is 6.61 Å². The molecule has 0 heterocycles. The minimum atomic E-state index is -0.799. The molecule has 0 aromatic heterocycles. The molecule has 1 aromatic carbocycles. The van der Waals surface area contributed by atoms with Crippen molar-refractivity contribution in [3.63, 3.8) is 0 Å². The summed E-state index contributed by atoms with van der Waals surface area (Å²) in [5.41, 5.74) is 0.701. The van der Waals surface area contributed by atoms with Crippen LogP contribution in [0.5, 0.6) is 0 Å². The van der Waals surface area contributed by atoms with Gasteiger partial charge in [-0.2, -0.15) is 0 Å². The van der Waals surface area contributed by atoms with Crippen molar-refractivity contribution in [1.82, 2.24) is 0 Å². The third kappa shape index (κ3) is 2.47. The van der Waals surface area contributed by atoms with Crippen molar-refractivity contribution >= 4 is 0 Å². The van der Waals surface area contributed by atoms with Crippen LogP contribution in [-0.2, 0) is 17.9 Å². The highest BCUT2D eigenvalue weighted by Crippen LogP contribution is 2.15. The first-order chi connectivity index (χ1) is 6.29. The van der Waals surface area contributed by atoms with E-state index in [-0.39, 0.29) is 12.2 Å². The summed E-state index contributed by atoms with van der Waals surface area (Å²) in [7, 11) is 0. The van der Waals surface area contributed by atoms with E-state index in [2.05, 4.69) is 4.84 Å². The summed E-state index contributed by atoms with van der Waals surface area (Å²) in [5, 5.41) is 0. The summed E-state index contributed by atoms with van der Waals surface area (Å²) in [6.45, 7) is -0.539. The first kappa shape index (κ1) is 10.1. The fraction of sp³-hybridized carbons (Fsp3) is 0.333. The molecule has 0 saturated heterocycles. The molecule has 0 saturated carbocycles. The zero-order chi connectivity index (χ0) is 9.68. The van der Waals surface area contributed by atoms with Crippen LogP contribution in [0.15, 0.2) is 18.2 Å². The van der Waals surface area contributed by atoms with Gasteiger partial charge in [-0.25, -0.2) is 14.7 Å². The van der Waals surface area contributed by atoms with E-state index < -0.39 is 12.5 Å². The summed E-state index contributed by atoms with van der Waals surface area (Å²) in [4.78, 5) is 4.34. The van der Waals surface area contributed by atoms with Gasteiger partial charge in [0.1, 0.15) is 12.5 Å². The van der Waals surface area contributed by atoms with Gasteiger partial charge in [0.15, 0.2) is 0 Å². The molecule has 0 fully saturated rings. The van der Waals surface area contributed by atoms with Crippen molar-refractivity contribution in [2.45, 2.75) is 13.1 Å². The molecule has 2 nitrogen and oxygen atoms in total. The lowest BCUT2D eigenvalue weighted by molar-refractivity contribution is 0.141. The monoisotopic (exact) mass is 187 g/mol. The van der Waals surface area contributed by atoms with Gasteiger partial charge in [-0.3, -0.25) is 0 Å². The summed E-state index contributed by atoms with van der Waals surface area (Å²) < 4.78 is 25.3. The molecule has 0 radical (unpaired) electrons. The number of benzene rings is 1. The quantitative estimate of drug-likeness (QED) is 0.728. The van der Waals surface area contributed by atoms with Gasteiger partial charge in [0, 0.05) is 5.56 Å². The first-order valence-electron chi connectivity index (χ1n) is 3.93. The van der Waals surface area contributed by atoms with Crippen LogP contribution < -0.4 is 5.90 Å². The molecular formula is C9H11F2NO. The number of hydrogen-bond donors (Lipinski definition) is 1. The van der Waals surface area contributed by atoms with Crippen molar-refractivity contribution in [2.75, 3.05) is 6.61 Å². The van der Waals surface area contributed by atoms with E-state index >= 15 is 0 Å². The molecule has 0 aliphatic rings. The van der Waals surface area contributed by atoms with Crippen molar-refractivity contribution < 1.29 is 13.6 Å². The Morgan fingerprint density at radius 3 is 2.77 bits per heavy atom. The zero-order valence-electron chi connectivity index (χ0n) is 7.09. The molecule has 13 heavy (non-hydrogen) atoms. The predicted molar refractivity (Wildman–Crippen MR) is 45.1 cm³/mol. The van der Waals surface area contributed by atoms with E-state index in [4.69, 9.17) is 5.90 Å². The lowest BCUT2D eigenvalue weighted by atomic mass is 10.1. The standard InChI is InChI=1S/C9H11F2NO/c10-6-8-7(4-5-13-12)2-1-3-9(8)11/h1-3H,4-6,12H2. The zero-order valence-corrected chi connectivity index (χ0v) is 7.09. The van der Waals surface area contributed by atoms with Crippen molar-refractivity contribution in [2.24, 2.45) is 5.90 Å². The second kappa shape index (κ2) is 4.89. The lowest BCUT2D eigenvalue weighted by Crippen LogP contribution is -2.06. The molecule has 2 N–H and O–H groups in total. The van der Waals surface area contributed by atoms with E-state index in [0.717, 1.165) is 0 Å². The van der Waals surface area contributed by atoms with Crippen LogP contribution in [0.1, 0.15) is 11.1 Å². The van der Waals surface area contributed by atoms with E-state index in [1.807, 2.05) is 0 Å². The van der Waals surface area contributed by atoms with E-state index in [1.165, 1.54) is 6.07 Å². The fourth-order valence-corrected chi connectivity index (χ4v) is 1.16. The minimum absolute atomic E-state index is 0.0968. The highest BCUT2D eigenvalue weighted by molar-refractivity contribution is 5.28. The maximum Gasteiger partial charge on any atom is 0.129 e. The van der Waals surface area contributed by atoms with Gasteiger partial charge in [0.2, 0.25) is 0 Å². The second-order valence-electron chi connectivity index (χ2n) is 2.63. The van der Waals surface area contributed by atoms with Crippen molar-refractivity contribution in [1.29, 1.82) is 0 Å². The molecule has 0 unspecified atom stereocenters. The van der Waals surface area contributed by atoms with Crippen LogP contribution >= 0.6 is 0 Å². The fourth-order valence-electron chi connectivity index (χ4n) is 1.16. The molecule has 4 heteroatoms. The van der Waals surface area contributed by atoms with Gasteiger partial charge >= 0.3 is 0 Å². The second-order valence-corrected chi connectivity index (χ2v) is 2.63. The maximum atomic E-state index is 13.0. The Balaban J connectivity index is 2.85. The predicted octanol–water partition coefficient (Wildman–Crippen LogP) is 1.73. The van der Waals surface area contributed by atoms with Gasteiger partial charge in [-0.05, 0) is 18.1 Å². The molecule has 1 rings (SSSR count). The molecule has 0 amide bonds. The van der Waals surface area contributed by atoms with Gasteiger partial charge in [0.25, 0.3) is 0 Å². The van der Waals surface area contributed by atoms with Crippen molar-refractivity contribution in [3.05, 3.63) is 35.1 Å². The third-order valence-corrected chi connectivity index (χ3v) is 1.84. The Labute approximate surface area is 75.3 Å². The Kier molecular flexibility index (Phi) is 3.79. The third-order valence-electron chi connectivity index (χ3n) is 1.84. The van der Waals surface area contributed by atoms with E-state index in [1.54, 1.807) is 12.1 Å². The topological polar surface area (TPSA) is 35.2 Å². The highest BCUT2D eigenvalue weighted by Gasteiger charge is 2.07. The molecule has 0 atom stereocenters. The van der Waals surface area contributed by atoms with Crippen LogP contribution in [0.2, 0.25) is 0 Å². The molecule has 1 aromatic rings. The van der Waals surface area contributed by atoms with Crippen molar-refractivity contribution in [3.8, 4) is 0 Å². The molecule has 0 aliphatic carbocycles. The Morgan fingerprint density at radius 1 is 1.38 bits per heavy atom. The minimum Gasteiger partial charge on any atom is -0.304 e. The van der Waals surface area contributed by atoms with Gasteiger partial charge in [-0.1, -0.05) is 12.1 Å². The average Bonchev–Trinajstić information content (AvgIpc) is 2.15. The molecular weight excluding hydrogens is 176 g/mol. The Hall–Kier alpha value is -1.00. The average molecular weight is 187 g/mol. The largest absolute Gasteiger partial charge is 0.304 e. The van der Waals surface area contributed by atoms with Crippen LogP contribution in [0, 0.1) is 5.82 Å². The van der Waals surface area contributed by atoms with Gasteiger partial charge < -0.3 is 4.84 Å². The molecule has 72 valence electrons. The number of nitrogens with two attached hydrogens (primary N) is 1. The highest BCUT2D eigenvalue weighted by atomic mass is 19.1. The maximum absolute atomic E-state index is 13.0. The van der Waals surface area contributed by atoms with Gasteiger partial charge in [-0.15, -0.1) is 0 Å². The molecule has 0 bridgehead atoms. The van der Waals surface area contributed by atoms with E-state index in [9.17, 15) is 8.78 Å². The number of alkyl halides is 1. The number of halogens is 2. The normalized spacial score (nSPS) is 10.4. The van der Waals surface area contributed by atoms with Crippen LogP contribution in [0.25, 0.3) is 0 Å². The summed E-state index contributed by atoms with van der Waals surface area (Å²) >= 11 is 0.